The van der Waals surface area contributed by atoms with Crippen LogP contribution in [0.2, 0.25) is 0 Å². The van der Waals surface area contributed by atoms with E-state index in [0.717, 1.165) is 0 Å². The average molecular weight is 243 g/mol. The Kier molecular flexibility index (Phi) is 2.81. The van der Waals surface area contributed by atoms with Crippen molar-refractivity contribution in [1.82, 2.24) is 14.1 Å². The van der Waals surface area contributed by atoms with Gasteiger partial charge in [-0.3, -0.25) is 9.48 Å². The molecule has 0 aromatic carbocycles. The molecule has 0 radical (unpaired) electrons. The molecule has 7 heteroatoms. The zero-order chi connectivity index (χ0) is 11.8. The monoisotopic (exact) mass is 243 g/mol. The molecular formula is C9H13N3O3S. The maximum Gasteiger partial charge on any atom is 0.246 e. The minimum Gasteiger partial charge on any atom is -0.300 e. The SMILES string of the molecule is Cn1cc(S(=O)(=O)N2CCC(=O)CC2)cn1. The lowest BCUT2D eigenvalue weighted by Crippen LogP contribution is -2.38. The summed E-state index contributed by atoms with van der Waals surface area (Å²) < 4.78 is 26.9. The topological polar surface area (TPSA) is 72.3 Å². The zero-order valence-corrected chi connectivity index (χ0v) is 9.77. The third kappa shape index (κ3) is 2.00. The quantitative estimate of drug-likeness (QED) is 0.719. The van der Waals surface area contributed by atoms with E-state index in [1.54, 1.807) is 7.05 Å². The molecule has 0 spiro atoms. The smallest absolute Gasteiger partial charge is 0.246 e. The summed E-state index contributed by atoms with van der Waals surface area (Å²) in [5.41, 5.74) is 0. The van der Waals surface area contributed by atoms with Crippen molar-refractivity contribution in [2.24, 2.45) is 7.05 Å². The molecular weight excluding hydrogens is 230 g/mol. The number of hydrogen-bond donors (Lipinski definition) is 0. The molecule has 0 N–H and O–H groups in total. The van der Waals surface area contributed by atoms with Gasteiger partial charge >= 0.3 is 0 Å². The van der Waals surface area contributed by atoms with Gasteiger partial charge in [-0.25, -0.2) is 8.42 Å². The van der Waals surface area contributed by atoms with Crippen LogP contribution in [0.25, 0.3) is 0 Å². The number of carbonyl (C=O) groups is 1. The summed E-state index contributed by atoms with van der Waals surface area (Å²) in [7, 11) is -1.80. The number of sulfonamides is 1. The summed E-state index contributed by atoms with van der Waals surface area (Å²) in [5, 5.41) is 3.84. The molecule has 0 atom stereocenters. The van der Waals surface area contributed by atoms with E-state index in [1.165, 1.54) is 21.4 Å². The molecule has 0 aliphatic carbocycles. The second-order valence-electron chi connectivity index (χ2n) is 3.79. The first-order valence-corrected chi connectivity index (χ1v) is 6.44. The molecule has 1 aliphatic rings. The van der Waals surface area contributed by atoms with Crippen LogP contribution in [0.4, 0.5) is 0 Å². The van der Waals surface area contributed by atoms with Crippen LogP contribution in [0.15, 0.2) is 17.3 Å². The number of nitrogens with zero attached hydrogens (tertiary/aromatic N) is 3. The fourth-order valence-corrected chi connectivity index (χ4v) is 3.08. The number of ketones is 1. The molecule has 0 amide bonds. The summed E-state index contributed by atoms with van der Waals surface area (Å²) in [6.45, 7) is 0.548. The first-order chi connectivity index (χ1) is 7.50. The van der Waals surface area contributed by atoms with Gasteiger partial charge in [-0.1, -0.05) is 0 Å². The highest BCUT2D eigenvalue weighted by atomic mass is 32.2. The molecule has 0 bridgehead atoms. The molecule has 16 heavy (non-hydrogen) atoms. The second-order valence-corrected chi connectivity index (χ2v) is 5.73. The Morgan fingerprint density at radius 1 is 1.31 bits per heavy atom. The predicted molar refractivity (Wildman–Crippen MR) is 56.2 cm³/mol. The number of Topliss-reactive ketones (excluding diaryl/α,β-unsaturated/α-hetero) is 1. The Morgan fingerprint density at radius 2 is 1.94 bits per heavy atom. The molecule has 0 unspecified atom stereocenters. The summed E-state index contributed by atoms with van der Waals surface area (Å²) in [4.78, 5) is 11.2. The van der Waals surface area contributed by atoms with Crippen LogP contribution in [0.3, 0.4) is 0 Å². The summed E-state index contributed by atoms with van der Waals surface area (Å²) >= 11 is 0. The highest BCUT2D eigenvalue weighted by Crippen LogP contribution is 2.18. The van der Waals surface area contributed by atoms with Crippen LogP contribution in [0, 0.1) is 0 Å². The van der Waals surface area contributed by atoms with Gasteiger partial charge in [0.2, 0.25) is 10.0 Å². The van der Waals surface area contributed by atoms with E-state index < -0.39 is 10.0 Å². The molecule has 1 aromatic rings. The van der Waals surface area contributed by atoms with Crippen LogP contribution in [-0.4, -0.2) is 41.4 Å². The zero-order valence-electron chi connectivity index (χ0n) is 8.96. The number of aromatic nitrogens is 2. The van der Waals surface area contributed by atoms with E-state index in [0.29, 0.717) is 12.8 Å². The molecule has 1 fully saturated rings. The lowest BCUT2D eigenvalue weighted by molar-refractivity contribution is -0.120. The summed E-state index contributed by atoms with van der Waals surface area (Å²) in [6.07, 6.45) is 3.40. The van der Waals surface area contributed by atoms with Gasteiger partial charge in [-0.2, -0.15) is 9.40 Å². The van der Waals surface area contributed by atoms with Gasteiger partial charge in [0.15, 0.2) is 0 Å². The van der Waals surface area contributed by atoms with E-state index >= 15 is 0 Å². The van der Waals surface area contributed by atoms with E-state index in [-0.39, 0.29) is 23.8 Å². The highest BCUT2D eigenvalue weighted by Gasteiger charge is 2.29. The van der Waals surface area contributed by atoms with Gasteiger partial charge in [0, 0.05) is 39.2 Å². The molecule has 2 rings (SSSR count). The molecule has 1 saturated heterocycles. The van der Waals surface area contributed by atoms with Crippen molar-refractivity contribution < 1.29 is 13.2 Å². The minimum absolute atomic E-state index is 0.123. The Bertz CT molecular complexity index is 496. The molecule has 88 valence electrons. The number of hydrogen-bond acceptors (Lipinski definition) is 4. The fourth-order valence-electron chi connectivity index (χ4n) is 1.66. The van der Waals surface area contributed by atoms with Gasteiger partial charge in [-0.05, 0) is 0 Å². The van der Waals surface area contributed by atoms with E-state index in [2.05, 4.69) is 5.10 Å². The first-order valence-electron chi connectivity index (χ1n) is 5.00. The van der Waals surface area contributed by atoms with E-state index in [1.807, 2.05) is 0 Å². The normalized spacial score (nSPS) is 18.9. The van der Waals surface area contributed by atoms with E-state index in [9.17, 15) is 13.2 Å². The predicted octanol–water partition coefficient (Wildman–Crippen LogP) is -0.226. The van der Waals surface area contributed by atoms with Gasteiger partial charge < -0.3 is 0 Å². The van der Waals surface area contributed by atoms with Crippen molar-refractivity contribution in [2.45, 2.75) is 17.7 Å². The Labute approximate surface area is 93.9 Å². The first kappa shape index (κ1) is 11.3. The number of aryl methyl sites for hydroxylation is 1. The van der Waals surface area contributed by atoms with Crippen LogP contribution < -0.4 is 0 Å². The number of carbonyl (C=O) groups excluding carboxylic acids is 1. The number of rotatable bonds is 2. The van der Waals surface area contributed by atoms with Crippen LogP contribution in [0.5, 0.6) is 0 Å². The lowest BCUT2D eigenvalue weighted by Gasteiger charge is -2.24. The maximum absolute atomic E-state index is 12.1. The van der Waals surface area contributed by atoms with Gasteiger partial charge in [0.1, 0.15) is 10.7 Å². The molecule has 0 saturated carbocycles. The van der Waals surface area contributed by atoms with Crippen molar-refractivity contribution in [2.75, 3.05) is 13.1 Å². The summed E-state index contributed by atoms with van der Waals surface area (Å²) in [5.74, 6) is 0.123. The standard InChI is InChI=1S/C9H13N3O3S/c1-11-7-9(6-10-11)16(14,15)12-4-2-8(13)3-5-12/h6-7H,2-5H2,1H3. The van der Waals surface area contributed by atoms with Crippen molar-refractivity contribution >= 4 is 15.8 Å². The molecule has 1 aliphatic heterocycles. The van der Waals surface area contributed by atoms with Crippen molar-refractivity contribution in [1.29, 1.82) is 0 Å². The maximum atomic E-state index is 12.1. The fraction of sp³-hybridized carbons (Fsp3) is 0.556. The Balaban J connectivity index is 2.23. The highest BCUT2D eigenvalue weighted by molar-refractivity contribution is 7.89. The summed E-state index contributed by atoms with van der Waals surface area (Å²) in [6, 6.07) is 0. The average Bonchev–Trinajstić information content (AvgIpc) is 2.66. The van der Waals surface area contributed by atoms with Crippen LogP contribution in [0.1, 0.15) is 12.8 Å². The van der Waals surface area contributed by atoms with Crippen molar-refractivity contribution in [3.63, 3.8) is 0 Å². The number of piperidine rings is 1. The van der Waals surface area contributed by atoms with Crippen LogP contribution >= 0.6 is 0 Å². The second kappa shape index (κ2) is 3.99. The third-order valence-electron chi connectivity index (χ3n) is 2.60. The van der Waals surface area contributed by atoms with E-state index in [4.69, 9.17) is 0 Å². The lowest BCUT2D eigenvalue weighted by atomic mass is 10.1. The van der Waals surface area contributed by atoms with Crippen molar-refractivity contribution in [3.8, 4) is 0 Å². The molecule has 1 aromatic heterocycles. The van der Waals surface area contributed by atoms with Gasteiger partial charge in [-0.15, -0.1) is 0 Å². The Hall–Kier alpha value is -1.21. The molecule has 2 heterocycles. The Morgan fingerprint density at radius 3 is 2.44 bits per heavy atom. The van der Waals surface area contributed by atoms with Gasteiger partial charge in [0.25, 0.3) is 0 Å². The van der Waals surface area contributed by atoms with Gasteiger partial charge in [0.05, 0.1) is 6.20 Å². The third-order valence-corrected chi connectivity index (χ3v) is 4.45. The van der Waals surface area contributed by atoms with Crippen molar-refractivity contribution in [3.05, 3.63) is 12.4 Å². The largest absolute Gasteiger partial charge is 0.300 e. The minimum atomic E-state index is -3.47. The van der Waals surface area contributed by atoms with Crippen LogP contribution in [-0.2, 0) is 21.9 Å². The molecule has 6 nitrogen and oxygen atoms in total.